The molecule has 6 heteroatoms. The zero-order chi connectivity index (χ0) is 18.4. The van der Waals surface area contributed by atoms with Gasteiger partial charge in [0, 0.05) is 10.0 Å². The number of methoxy groups -OCH3 is 1. The van der Waals surface area contributed by atoms with Crippen molar-refractivity contribution in [2.75, 3.05) is 12.4 Å². The first-order valence-electron chi connectivity index (χ1n) is 7.79. The minimum absolute atomic E-state index is 0.0376. The third kappa shape index (κ3) is 5.32. The van der Waals surface area contributed by atoms with Crippen molar-refractivity contribution in [3.05, 3.63) is 58.1 Å². The van der Waals surface area contributed by atoms with Crippen LogP contribution in [0.4, 0.5) is 5.69 Å². The molecule has 0 fully saturated rings. The molecule has 2 rings (SSSR count). The molecule has 0 radical (unpaired) electrons. The van der Waals surface area contributed by atoms with E-state index >= 15 is 0 Å². The van der Waals surface area contributed by atoms with Crippen molar-refractivity contribution in [2.24, 2.45) is 0 Å². The molecule has 0 aliphatic rings. The van der Waals surface area contributed by atoms with Gasteiger partial charge < -0.3 is 14.8 Å². The quantitative estimate of drug-likeness (QED) is 0.740. The van der Waals surface area contributed by atoms with E-state index in [0.29, 0.717) is 17.0 Å². The van der Waals surface area contributed by atoms with E-state index in [4.69, 9.17) is 9.47 Å². The van der Waals surface area contributed by atoms with Crippen LogP contribution >= 0.6 is 15.9 Å². The van der Waals surface area contributed by atoms with Crippen LogP contribution in [0.25, 0.3) is 0 Å². The number of carbonyl (C=O) groups excluding carboxylic acids is 2. The molecule has 1 N–H and O–H groups in total. The minimum atomic E-state index is -0.907. The van der Waals surface area contributed by atoms with Gasteiger partial charge in [-0.2, -0.15) is 0 Å². The van der Waals surface area contributed by atoms with Crippen LogP contribution in [-0.4, -0.2) is 25.1 Å². The van der Waals surface area contributed by atoms with Gasteiger partial charge >= 0.3 is 5.97 Å². The van der Waals surface area contributed by atoms with Gasteiger partial charge in [0.2, 0.25) is 0 Å². The molecule has 2 aromatic rings. The molecule has 25 heavy (non-hydrogen) atoms. The van der Waals surface area contributed by atoms with Gasteiger partial charge in [0.25, 0.3) is 5.91 Å². The van der Waals surface area contributed by atoms with E-state index < -0.39 is 18.0 Å². The first-order chi connectivity index (χ1) is 11.9. The van der Waals surface area contributed by atoms with Gasteiger partial charge in [-0.05, 0) is 53.5 Å². The highest BCUT2D eigenvalue weighted by Gasteiger charge is 2.19. The number of amides is 1. The molecule has 1 amide bonds. The van der Waals surface area contributed by atoms with E-state index in [-0.39, 0.29) is 6.42 Å². The van der Waals surface area contributed by atoms with Crippen LogP contribution < -0.4 is 10.1 Å². The first-order valence-corrected chi connectivity index (χ1v) is 8.58. The summed E-state index contributed by atoms with van der Waals surface area (Å²) < 4.78 is 11.2. The van der Waals surface area contributed by atoms with E-state index in [1.165, 1.54) is 6.92 Å². The van der Waals surface area contributed by atoms with Crippen molar-refractivity contribution in [3.8, 4) is 5.75 Å². The number of rotatable bonds is 6. The lowest BCUT2D eigenvalue weighted by Crippen LogP contribution is -2.30. The molecule has 0 bridgehead atoms. The Labute approximate surface area is 155 Å². The molecule has 0 saturated heterocycles. The normalized spacial score (nSPS) is 11.5. The lowest BCUT2D eigenvalue weighted by molar-refractivity contribution is -0.152. The summed E-state index contributed by atoms with van der Waals surface area (Å²) in [6, 6.07) is 12.8. The Kier molecular flexibility index (Phi) is 6.58. The Balaban J connectivity index is 1.95. The van der Waals surface area contributed by atoms with Gasteiger partial charge in [-0.15, -0.1) is 0 Å². The number of carbonyl (C=O) groups is 2. The van der Waals surface area contributed by atoms with Gasteiger partial charge in [-0.1, -0.05) is 24.3 Å². The molecule has 2 aromatic carbocycles. The number of nitrogens with one attached hydrogen (secondary N) is 1. The SMILES string of the molecule is COc1ccccc1CC(=O)O[C@@H](C)C(=O)Nc1ccc(C)cc1Br. The van der Waals surface area contributed by atoms with Crippen LogP contribution in [-0.2, 0) is 20.7 Å². The smallest absolute Gasteiger partial charge is 0.311 e. The lowest BCUT2D eigenvalue weighted by atomic mass is 10.1. The Morgan fingerprint density at radius 3 is 2.60 bits per heavy atom. The van der Waals surface area contributed by atoms with Crippen molar-refractivity contribution in [2.45, 2.75) is 26.4 Å². The molecule has 0 aromatic heterocycles. The van der Waals surface area contributed by atoms with Gasteiger partial charge in [0.1, 0.15) is 5.75 Å². The van der Waals surface area contributed by atoms with Crippen molar-refractivity contribution >= 4 is 33.5 Å². The van der Waals surface area contributed by atoms with Gasteiger partial charge in [0.15, 0.2) is 6.10 Å². The maximum Gasteiger partial charge on any atom is 0.311 e. The zero-order valence-corrected chi connectivity index (χ0v) is 15.9. The second-order valence-electron chi connectivity index (χ2n) is 5.59. The van der Waals surface area contributed by atoms with E-state index in [9.17, 15) is 9.59 Å². The van der Waals surface area contributed by atoms with Crippen LogP contribution in [0.2, 0.25) is 0 Å². The van der Waals surface area contributed by atoms with Crippen molar-refractivity contribution < 1.29 is 19.1 Å². The summed E-state index contributed by atoms with van der Waals surface area (Å²) in [4.78, 5) is 24.3. The number of esters is 1. The van der Waals surface area contributed by atoms with E-state index in [1.807, 2.05) is 31.2 Å². The molecule has 0 saturated carbocycles. The third-order valence-corrected chi connectivity index (χ3v) is 4.24. The van der Waals surface area contributed by atoms with E-state index in [2.05, 4.69) is 21.2 Å². The highest BCUT2D eigenvalue weighted by molar-refractivity contribution is 9.10. The van der Waals surface area contributed by atoms with Gasteiger partial charge in [-0.3, -0.25) is 9.59 Å². The Hall–Kier alpha value is -2.34. The fourth-order valence-corrected chi connectivity index (χ4v) is 2.85. The molecule has 5 nitrogen and oxygen atoms in total. The largest absolute Gasteiger partial charge is 0.496 e. The van der Waals surface area contributed by atoms with Crippen molar-refractivity contribution in [1.29, 1.82) is 0 Å². The fourth-order valence-electron chi connectivity index (χ4n) is 2.25. The fraction of sp³-hybridized carbons (Fsp3) is 0.263. The lowest BCUT2D eigenvalue weighted by Gasteiger charge is -2.15. The molecule has 0 aliphatic heterocycles. The molecule has 0 heterocycles. The highest BCUT2D eigenvalue weighted by Crippen LogP contribution is 2.24. The predicted octanol–water partition coefficient (Wildman–Crippen LogP) is 3.88. The number of ether oxygens (including phenoxy) is 2. The predicted molar refractivity (Wildman–Crippen MR) is 99.8 cm³/mol. The second-order valence-corrected chi connectivity index (χ2v) is 6.45. The van der Waals surface area contributed by atoms with Gasteiger partial charge in [-0.25, -0.2) is 0 Å². The number of hydrogen-bond acceptors (Lipinski definition) is 4. The van der Waals surface area contributed by atoms with Crippen LogP contribution in [0.3, 0.4) is 0 Å². The number of anilines is 1. The summed E-state index contributed by atoms with van der Waals surface area (Å²) in [6.45, 7) is 3.50. The number of hydrogen-bond donors (Lipinski definition) is 1. The average molecular weight is 406 g/mol. The number of aryl methyl sites for hydroxylation is 1. The highest BCUT2D eigenvalue weighted by atomic mass is 79.9. The zero-order valence-electron chi connectivity index (χ0n) is 14.3. The average Bonchev–Trinajstić information content (AvgIpc) is 2.57. The van der Waals surface area contributed by atoms with Crippen LogP contribution in [0.1, 0.15) is 18.1 Å². The Morgan fingerprint density at radius 2 is 1.92 bits per heavy atom. The molecule has 132 valence electrons. The summed E-state index contributed by atoms with van der Waals surface area (Å²) in [5.74, 6) is -0.270. The minimum Gasteiger partial charge on any atom is -0.496 e. The third-order valence-electron chi connectivity index (χ3n) is 3.59. The molecule has 0 spiro atoms. The summed E-state index contributed by atoms with van der Waals surface area (Å²) in [5.41, 5.74) is 2.41. The molecule has 1 atom stereocenters. The summed E-state index contributed by atoms with van der Waals surface area (Å²) >= 11 is 3.40. The maximum atomic E-state index is 12.2. The second kappa shape index (κ2) is 8.67. The van der Waals surface area contributed by atoms with Crippen LogP contribution in [0.5, 0.6) is 5.75 Å². The number of para-hydroxylation sites is 1. The van der Waals surface area contributed by atoms with E-state index in [0.717, 1.165) is 10.0 Å². The summed E-state index contributed by atoms with van der Waals surface area (Å²) in [6.07, 6.45) is -0.869. The molecule has 0 unspecified atom stereocenters. The monoisotopic (exact) mass is 405 g/mol. The topological polar surface area (TPSA) is 64.6 Å². The Morgan fingerprint density at radius 1 is 1.20 bits per heavy atom. The summed E-state index contributed by atoms with van der Waals surface area (Å²) in [5, 5.41) is 2.74. The maximum absolute atomic E-state index is 12.2. The van der Waals surface area contributed by atoms with E-state index in [1.54, 1.807) is 25.3 Å². The van der Waals surface area contributed by atoms with Crippen LogP contribution in [0.15, 0.2) is 46.9 Å². The molecular formula is C19H20BrNO4. The summed E-state index contributed by atoms with van der Waals surface area (Å²) in [7, 11) is 1.54. The first kappa shape index (κ1) is 19.0. The van der Waals surface area contributed by atoms with Crippen LogP contribution in [0, 0.1) is 6.92 Å². The van der Waals surface area contributed by atoms with Gasteiger partial charge in [0.05, 0.1) is 19.2 Å². The molecular weight excluding hydrogens is 386 g/mol. The standard InChI is InChI=1S/C19H20BrNO4/c1-12-8-9-16(15(20)10-12)21-19(23)13(2)25-18(22)11-14-6-4-5-7-17(14)24-3/h4-10,13H,11H2,1-3H3,(H,21,23)/t13-/m0/s1. The number of benzene rings is 2. The molecule has 0 aliphatic carbocycles. The Bertz CT molecular complexity index is 776. The number of halogens is 1. The van der Waals surface area contributed by atoms with Crippen molar-refractivity contribution in [1.82, 2.24) is 0 Å². The van der Waals surface area contributed by atoms with Crippen molar-refractivity contribution in [3.63, 3.8) is 0 Å².